The predicted octanol–water partition coefficient (Wildman–Crippen LogP) is 13.0. The summed E-state index contributed by atoms with van der Waals surface area (Å²) in [5.41, 5.74) is 0. The van der Waals surface area contributed by atoms with Crippen molar-refractivity contribution in [2.75, 3.05) is 198 Å². The van der Waals surface area contributed by atoms with Crippen molar-refractivity contribution in [3.63, 3.8) is 0 Å². The van der Waals surface area contributed by atoms with Crippen molar-refractivity contribution in [1.29, 1.82) is 0 Å². The van der Waals surface area contributed by atoms with E-state index in [1.54, 1.807) is 9.80 Å². The first-order valence-corrected chi connectivity index (χ1v) is 48.7. The Kier molecular flexibility index (Phi) is 65.3. The van der Waals surface area contributed by atoms with Crippen LogP contribution in [0.15, 0.2) is 0 Å². The standard InChI is InChI=1S/C19H39N3O.C19H38N2O2.C16H33N3O.C16H32N2O2.C13H27N3O.C13H26N2O2/c1-16(2)13-22-14-18(15-22)19(23)21-12-10-8-6-5-7-9-11-20-17(3)4;1-16(2)13-21-14-18(15-21)19(22)20-11-9-7-5-6-8-10-12-23-17(3)4;1-13(2)10-19-11-15(12-19)16(20)18-9-7-5-6-8-17-14(3)4;1-13(2)10-18-11-15(12-18)16(19)17-8-6-5-7-9-20-14(3)4;1-10(2)6-16-7-12(8-16)13(17)15(5)9-14-11(3)4;1-10(2)6-15-7-12(8-15)13(16)14(5)9-17-11(3)4/h16-18,20H,5-15H2,1-4H3,(H,21,23);16-18H,5-15H2,1-4H3,(H,20,22);13-15,17H,5-12H2,1-4H3,(H,18,20);13-15H,5-12H2,1-4H3,(H,17,19);10-12,14H,6-9H2,1-5H3;10-12H,6-9H2,1-5H3. The molecule has 0 spiro atoms. The Bertz CT molecular complexity index is 2370. The third kappa shape index (κ3) is 60.1. The van der Waals surface area contributed by atoms with E-state index in [1.807, 2.05) is 27.9 Å². The maximum absolute atomic E-state index is 12.0. The summed E-state index contributed by atoms with van der Waals surface area (Å²) in [6.07, 6.45) is 22.4. The molecule has 0 unspecified atom stereocenters. The number of likely N-dealkylation sites (tertiary alicyclic amines) is 6. The molecule has 6 rings (SSSR count). The number of rotatable bonds is 58. The minimum atomic E-state index is 0.170. The van der Waals surface area contributed by atoms with Gasteiger partial charge in [0.15, 0.2) is 0 Å². The molecule has 6 aliphatic rings. The second kappa shape index (κ2) is 68.5. The zero-order chi connectivity index (χ0) is 90.1. The zero-order valence-electron chi connectivity index (χ0n) is 82.7. The van der Waals surface area contributed by atoms with Gasteiger partial charge in [-0.05, 0) is 162 Å². The van der Waals surface area contributed by atoms with E-state index in [0.29, 0.717) is 79.2 Å². The highest BCUT2D eigenvalue weighted by Crippen LogP contribution is 2.24. The molecule has 0 saturated carbocycles. The van der Waals surface area contributed by atoms with Crippen molar-refractivity contribution in [3.05, 3.63) is 0 Å². The van der Waals surface area contributed by atoms with E-state index >= 15 is 0 Å². The van der Waals surface area contributed by atoms with Crippen molar-refractivity contribution in [2.24, 2.45) is 71.0 Å². The summed E-state index contributed by atoms with van der Waals surface area (Å²) in [7, 11) is 3.69. The van der Waals surface area contributed by atoms with E-state index in [-0.39, 0.29) is 77.1 Å². The third-order valence-corrected chi connectivity index (χ3v) is 21.8. The van der Waals surface area contributed by atoms with Crippen LogP contribution in [0.4, 0.5) is 0 Å². The van der Waals surface area contributed by atoms with Crippen LogP contribution < -0.4 is 37.2 Å². The number of hydrogen-bond donors (Lipinski definition) is 7. The number of carbonyl (C=O) groups is 6. The predicted molar refractivity (Wildman–Crippen MR) is 502 cm³/mol. The van der Waals surface area contributed by atoms with Gasteiger partial charge < -0.3 is 85.3 Å². The first-order valence-electron chi connectivity index (χ1n) is 48.7. The van der Waals surface area contributed by atoms with Crippen LogP contribution >= 0.6 is 0 Å². The van der Waals surface area contributed by atoms with E-state index < -0.39 is 0 Å². The second-order valence-corrected chi connectivity index (χ2v) is 40.4. The summed E-state index contributed by atoms with van der Waals surface area (Å²) < 4.78 is 16.4. The van der Waals surface area contributed by atoms with Crippen molar-refractivity contribution < 1.29 is 43.0 Å². The Morgan fingerprint density at radius 1 is 0.267 bits per heavy atom. The quantitative estimate of drug-likeness (QED) is 0.0221. The molecule has 0 radical (unpaired) electrons. The van der Waals surface area contributed by atoms with Crippen LogP contribution in [0.25, 0.3) is 0 Å². The molecular weight excluding hydrogens is 1510 g/mol. The highest BCUT2D eigenvalue weighted by atomic mass is 16.5. The van der Waals surface area contributed by atoms with Crippen molar-refractivity contribution in [3.8, 4) is 0 Å². The fourth-order valence-corrected chi connectivity index (χ4v) is 15.3. The van der Waals surface area contributed by atoms with Crippen LogP contribution in [0.5, 0.6) is 0 Å². The van der Waals surface area contributed by atoms with Crippen molar-refractivity contribution in [1.82, 2.24) is 76.4 Å². The van der Waals surface area contributed by atoms with E-state index in [4.69, 9.17) is 14.2 Å². The number of hydrogen-bond acceptors (Lipinski definition) is 18. The Morgan fingerprint density at radius 2 is 0.475 bits per heavy atom. The maximum Gasteiger partial charge on any atom is 0.229 e. The van der Waals surface area contributed by atoms with Crippen LogP contribution in [0.1, 0.15) is 282 Å². The first kappa shape index (κ1) is 114. The van der Waals surface area contributed by atoms with Gasteiger partial charge in [0.2, 0.25) is 35.4 Å². The second-order valence-electron chi connectivity index (χ2n) is 40.4. The van der Waals surface area contributed by atoms with Gasteiger partial charge in [0, 0.05) is 189 Å². The van der Waals surface area contributed by atoms with Crippen LogP contribution in [-0.2, 0) is 43.0 Å². The lowest BCUT2D eigenvalue weighted by molar-refractivity contribution is -0.146. The molecule has 6 fully saturated rings. The number of nitrogens with zero attached hydrogens (tertiary/aromatic N) is 8. The minimum absolute atomic E-state index is 0.170. The summed E-state index contributed by atoms with van der Waals surface area (Å²) in [6.45, 7) is 78.0. The third-order valence-electron chi connectivity index (χ3n) is 21.8. The molecule has 6 aliphatic heterocycles. The molecule has 708 valence electrons. The Labute approximate surface area is 738 Å². The first-order chi connectivity index (χ1) is 56.7. The Hall–Kier alpha value is -3.66. The van der Waals surface area contributed by atoms with Gasteiger partial charge in [-0.3, -0.25) is 34.1 Å². The molecule has 24 nitrogen and oxygen atoms in total. The number of carbonyl (C=O) groups excluding carboxylic acids is 6. The number of nitrogens with one attached hydrogen (secondary N) is 7. The molecule has 0 aliphatic carbocycles. The van der Waals surface area contributed by atoms with E-state index in [9.17, 15) is 28.8 Å². The normalized spacial score (nSPS) is 16.7. The van der Waals surface area contributed by atoms with Crippen LogP contribution in [0.3, 0.4) is 0 Å². The van der Waals surface area contributed by atoms with Gasteiger partial charge in [0.25, 0.3) is 0 Å². The molecule has 0 aromatic rings. The molecule has 6 saturated heterocycles. The van der Waals surface area contributed by atoms with E-state index in [0.717, 1.165) is 209 Å². The molecule has 120 heavy (non-hydrogen) atoms. The number of ether oxygens (including phenoxy) is 3. The van der Waals surface area contributed by atoms with Gasteiger partial charge in [-0.25, -0.2) is 0 Å². The largest absolute Gasteiger partial charge is 0.379 e. The number of unbranched alkanes of at least 4 members (excludes halogenated alkanes) is 14. The average molecular weight is 1700 g/mol. The topological polar surface area (TPSA) is 240 Å². The van der Waals surface area contributed by atoms with E-state index in [1.165, 1.54) is 77.0 Å². The molecule has 0 atom stereocenters. The molecular formula is C96H195N15O9. The van der Waals surface area contributed by atoms with Gasteiger partial charge in [-0.1, -0.05) is 169 Å². The summed E-state index contributed by atoms with van der Waals surface area (Å²) in [5, 5.41) is 22.5. The lowest BCUT2D eigenvalue weighted by atomic mass is 9.97. The summed E-state index contributed by atoms with van der Waals surface area (Å²) >= 11 is 0. The monoisotopic (exact) mass is 1700 g/mol. The van der Waals surface area contributed by atoms with Crippen molar-refractivity contribution in [2.45, 2.75) is 318 Å². The van der Waals surface area contributed by atoms with Crippen molar-refractivity contribution >= 4 is 35.4 Å². The van der Waals surface area contributed by atoms with Gasteiger partial charge in [-0.2, -0.15) is 0 Å². The fourth-order valence-electron chi connectivity index (χ4n) is 15.3. The molecule has 6 heterocycles. The average Bonchev–Trinajstić information content (AvgIpc) is 0.699. The smallest absolute Gasteiger partial charge is 0.229 e. The van der Waals surface area contributed by atoms with Gasteiger partial charge in [0.1, 0.15) is 6.73 Å². The SMILES string of the molecule is CC(C)CN1CC(C(=O)N(C)CNC(C)C)C1.CC(C)CN1CC(C(=O)N(C)COC(C)C)C1.CC(C)CN1CC(C(=O)NCCCCCCCCNC(C)C)C1.CC(C)CN1CC(C(=O)NCCCCCCCCOC(C)C)C1.CC(C)CN1CC(C(=O)NCCCCCNC(C)C)C1.CC(C)CN1CC(C(=O)NCCCCCOC(C)C)C1. The molecule has 0 aromatic heterocycles. The fraction of sp³-hybridized carbons (Fsp3) is 0.938. The van der Waals surface area contributed by atoms with Gasteiger partial charge in [-0.15, -0.1) is 0 Å². The molecule has 24 heteroatoms. The molecule has 6 amide bonds. The number of amides is 6. The van der Waals surface area contributed by atoms with Crippen LogP contribution in [0.2, 0.25) is 0 Å². The summed E-state index contributed by atoms with van der Waals surface area (Å²) in [5.74, 6) is 6.95. The Balaban J connectivity index is 0.000000723. The lowest BCUT2D eigenvalue weighted by Gasteiger charge is -2.40. The summed E-state index contributed by atoms with van der Waals surface area (Å²) in [6, 6.07) is 1.60. The lowest BCUT2D eigenvalue weighted by Crippen LogP contribution is -2.55. The minimum Gasteiger partial charge on any atom is -0.379 e. The molecule has 0 bridgehead atoms. The highest BCUT2D eigenvalue weighted by Gasteiger charge is 2.38. The van der Waals surface area contributed by atoms with Gasteiger partial charge in [0.05, 0.1) is 60.5 Å². The zero-order valence-corrected chi connectivity index (χ0v) is 82.7. The van der Waals surface area contributed by atoms with Crippen LogP contribution in [-0.4, -0.2) is 309 Å². The summed E-state index contributed by atoms with van der Waals surface area (Å²) in [4.78, 5) is 89.4. The maximum atomic E-state index is 12.0. The molecule has 0 aromatic carbocycles. The van der Waals surface area contributed by atoms with E-state index in [2.05, 4.69) is 219 Å². The van der Waals surface area contributed by atoms with Crippen LogP contribution in [0, 0.1) is 71.0 Å². The highest BCUT2D eigenvalue weighted by molar-refractivity contribution is 5.82. The Morgan fingerprint density at radius 3 is 0.717 bits per heavy atom. The molecule has 7 N–H and O–H groups in total. The van der Waals surface area contributed by atoms with Gasteiger partial charge >= 0.3 is 0 Å².